The number of nitrogens with one attached hydrogen (secondary N) is 1. The number of nitrogens with zero attached hydrogens (tertiary/aromatic N) is 4. The molecular weight excluding hydrogens is 418 g/mol. The summed E-state index contributed by atoms with van der Waals surface area (Å²) in [6.07, 6.45) is 3.30. The topological polar surface area (TPSA) is 68.4 Å². The maximum Gasteiger partial charge on any atom is 0.324 e. The number of fused-ring (bicyclic) bond motifs is 1. The molecule has 1 aromatic carbocycles. The second kappa shape index (κ2) is 11.2. The lowest BCUT2D eigenvalue weighted by molar-refractivity contribution is -0.126. The van der Waals surface area contributed by atoms with Gasteiger partial charge in [0, 0.05) is 51.7 Å². The van der Waals surface area contributed by atoms with Crippen molar-refractivity contribution in [3.63, 3.8) is 0 Å². The summed E-state index contributed by atoms with van der Waals surface area (Å²) in [5, 5.41) is 3.13. The van der Waals surface area contributed by atoms with Crippen LogP contribution in [0.2, 0.25) is 0 Å². The molecule has 2 saturated heterocycles. The molecule has 3 aliphatic rings. The van der Waals surface area contributed by atoms with Gasteiger partial charge < -0.3 is 24.8 Å². The molecule has 8 nitrogen and oxygen atoms in total. The molecule has 3 amide bonds. The quantitative estimate of drug-likeness (QED) is 0.664. The van der Waals surface area contributed by atoms with Crippen molar-refractivity contribution in [2.45, 2.75) is 38.7 Å². The highest BCUT2D eigenvalue weighted by molar-refractivity contribution is 5.94. The van der Waals surface area contributed by atoms with Gasteiger partial charge in [-0.25, -0.2) is 4.79 Å². The maximum absolute atomic E-state index is 13.3. The smallest absolute Gasteiger partial charge is 0.324 e. The number of carbonyl (C=O) groups is 2. The van der Waals surface area contributed by atoms with E-state index in [9.17, 15) is 9.59 Å². The first-order chi connectivity index (χ1) is 16.0. The van der Waals surface area contributed by atoms with Crippen molar-refractivity contribution in [2.24, 2.45) is 5.92 Å². The van der Waals surface area contributed by atoms with Crippen molar-refractivity contribution in [1.82, 2.24) is 20.0 Å². The van der Waals surface area contributed by atoms with Gasteiger partial charge in [-0.1, -0.05) is 19.1 Å². The van der Waals surface area contributed by atoms with Crippen molar-refractivity contribution in [1.29, 1.82) is 0 Å². The monoisotopic (exact) mass is 457 g/mol. The summed E-state index contributed by atoms with van der Waals surface area (Å²) >= 11 is 0. The van der Waals surface area contributed by atoms with Gasteiger partial charge in [0.25, 0.3) is 0 Å². The van der Waals surface area contributed by atoms with Crippen LogP contribution in [0, 0.1) is 5.92 Å². The lowest BCUT2D eigenvalue weighted by Crippen LogP contribution is -2.52. The Hall–Kier alpha value is -2.32. The third-order valence-electron chi connectivity index (χ3n) is 7.20. The van der Waals surface area contributed by atoms with E-state index >= 15 is 0 Å². The van der Waals surface area contributed by atoms with E-state index in [2.05, 4.69) is 29.1 Å². The van der Waals surface area contributed by atoms with Crippen molar-refractivity contribution >= 4 is 17.6 Å². The highest BCUT2D eigenvalue weighted by Crippen LogP contribution is 2.35. The van der Waals surface area contributed by atoms with Gasteiger partial charge in [0.05, 0.1) is 12.2 Å². The first kappa shape index (κ1) is 23.8. The Morgan fingerprint density at radius 3 is 2.52 bits per heavy atom. The van der Waals surface area contributed by atoms with Crippen LogP contribution in [0.1, 0.15) is 32.6 Å². The van der Waals surface area contributed by atoms with Crippen LogP contribution in [0.5, 0.6) is 5.75 Å². The summed E-state index contributed by atoms with van der Waals surface area (Å²) < 4.78 is 6.02. The Balaban J connectivity index is 1.21. The molecule has 182 valence electrons. The summed E-state index contributed by atoms with van der Waals surface area (Å²) in [4.78, 5) is 34.6. The molecule has 0 radical (unpaired) electrons. The van der Waals surface area contributed by atoms with Gasteiger partial charge in [-0.2, -0.15) is 0 Å². The Labute approximate surface area is 197 Å². The molecule has 0 spiro atoms. The van der Waals surface area contributed by atoms with Gasteiger partial charge in [-0.05, 0) is 51.4 Å². The molecule has 1 atom stereocenters. The van der Waals surface area contributed by atoms with Crippen molar-refractivity contribution in [3.8, 4) is 5.75 Å². The van der Waals surface area contributed by atoms with Gasteiger partial charge in [-0.15, -0.1) is 0 Å². The van der Waals surface area contributed by atoms with E-state index in [1.54, 1.807) is 0 Å². The zero-order chi connectivity index (χ0) is 23.2. The Morgan fingerprint density at radius 1 is 1.06 bits per heavy atom. The fourth-order valence-electron chi connectivity index (χ4n) is 4.93. The standard InChI is InChI=1S/C25H39N5O3/c1-3-21-19-30(22-7-4-5-8-23(22)33-21)25(32)29-13-9-20(10-14-29)24(31)26-11-6-12-28-17-15-27(2)16-18-28/h4-5,7-8,20-21H,3,6,9-19H2,1-2H3,(H,26,31)/t21-/m1/s1. The number of hydrogen-bond acceptors (Lipinski definition) is 5. The van der Waals surface area contributed by atoms with E-state index in [-0.39, 0.29) is 24.0 Å². The molecule has 2 fully saturated rings. The number of carbonyl (C=O) groups excluding carboxylic acids is 2. The third-order valence-corrected chi connectivity index (χ3v) is 7.20. The SMILES string of the molecule is CC[C@@H]1CN(C(=O)N2CCC(C(=O)NCCCN3CCN(C)CC3)CC2)c2ccccc2O1. The predicted molar refractivity (Wildman–Crippen MR) is 130 cm³/mol. The number of ether oxygens (including phenoxy) is 1. The van der Waals surface area contributed by atoms with Crippen molar-refractivity contribution in [2.75, 3.05) is 70.9 Å². The average Bonchev–Trinajstić information content (AvgIpc) is 2.86. The highest BCUT2D eigenvalue weighted by Gasteiger charge is 2.34. The van der Waals surface area contributed by atoms with Crippen LogP contribution in [0.15, 0.2) is 24.3 Å². The summed E-state index contributed by atoms with van der Waals surface area (Å²) in [6, 6.07) is 7.78. The minimum atomic E-state index is -0.00180. The molecular formula is C25H39N5O3. The summed E-state index contributed by atoms with van der Waals surface area (Å²) in [6.45, 7) is 10.1. The van der Waals surface area contributed by atoms with Gasteiger partial charge in [-0.3, -0.25) is 9.69 Å². The molecule has 0 saturated carbocycles. The fourth-order valence-corrected chi connectivity index (χ4v) is 4.93. The second-order valence-corrected chi connectivity index (χ2v) is 9.56. The van der Waals surface area contributed by atoms with Crippen molar-refractivity contribution in [3.05, 3.63) is 24.3 Å². The number of rotatable bonds is 6. The molecule has 8 heteroatoms. The number of likely N-dealkylation sites (N-methyl/N-ethyl adjacent to an activating group) is 1. The Bertz CT molecular complexity index is 803. The first-order valence-electron chi connectivity index (χ1n) is 12.6. The minimum Gasteiger partial charge on any atom is -0.486 e. The zero-order valence-electron chi connectivity index (χ0n) is 20.2. The van der Waals surface area contributed by atoms with Crippen LogP contribution in [-0.2, 0) is 4.79 Å². The molecule has 0 bridgehead atoms. The van der Waals surface area contributed by atoms with Crippen LogP contribution in [0.4, 0.5) is 10.5 Å². The van der Waals surface area contributed by atoms with Gasteiger partial charge >= 0.3 is 6.03 Å². The molecule has 0 aromatic heterocycles. The summed E-state index contributed by atoms with van der Waals surface area (Å²) in [7, 11) is 2.16. The van der Waals surface area contributed by atoms with Crippen LogP contribution >= 0.6 is 0 Å². The van der Waals surface area contributed by atoms with Crippen molar-refractivity contribution < 1.29 is 14.3 Å². The number of para-hydroxylation sites is 2. The predicted octanol–water partition coefficient (Wildman–Crippen LogP) is 2.25. The minimum absolute atomic E-state index is 0.00180. The lowest BCUT2D eigenvalue weighted by atomic mass is 9.96. The van der Waals surface area contributed by atoms with E-state index in [0.29, 0.717) is 19.6 Å². The zero-order valence-corrected chi connectivity index (χ0v) is 20.2. The lowest BCUT2D eigenvalue weighted by Gasteiger charge is -2.39. The number of benzene rings is 1. The number of amides is 3. The average molecular weight is 458 g/mol. The first-order valence-corrected chi connectivity index (χ1v) is 12.6. The number of hydrogen-bond donors (Lipinski definition) is 1. The van der Waals surface area contributed by atoms with E-state index in [1.807, 2.05) is 34.1 Å². The number of piperidine rings is 1. The van der Waals surface area contributed by atoms with Crippen LogP contribution in [0.3, 0.4) is 0 Å². The Kier molecular flexibility index (Phi) is 8.09. The number of piperazine rings is 1. The summed E-state index contributed by atoms with van der Waals surface area (Å²) in [5.74, 6) is 0.913. The normalized spacial score (nSPS) is 22.5. The van der Waals surface area contributed by atoms with Crippen LogP contribution in [-0.4, -0.2) is 98.7 Å². The van der Waals surface area contributed by atoms with Crippen LogP contribution < -0.4 is 15.0 Å². The van der Waals surface area contributed by atoms with Crippen LogP contribution in [0.25, 0.3) is 0 Å². The fraction of sp³-hybridized carbons (Fsp3) is 0.680. The molecule has 0 aliphatic carbocycles. The molecule has 3 heterocycles. The Morgan fingerprint density at radius 2 is 1.79 bits per heavy atom. The van der Waals surface area contributed by atoms with E-state index < -0.39 is 0 Å². The molecule has 3 aliphatic heterocycles. The van der Waals surface area contributed by atoms with E-state index in [4.69, 9.17) is 4.74 Å². The number of anilines is 1. The maximum atomic E-state index is 13.3. The molecule has 1 N–H and O–H groups in total. The largest absolute Gasteiger partial charge is 0.486 e. The second-order valence-electron chi connectivity index (χ2n) is 9.56. The van der Waals surface area contributed by atoms with E-state index in [0.717, 1.165) is 76.4 Å². The van der Waals surface area contributed by atoms with Gasteiger partial charge in [0.1, 0.15) is 11.9 Å². The molecule has 1 aromatic rings. The molecule has 0 unspecified atom stereocenters. The number of urea groups is 1. The number of likely N-dealkylation sites (tertiary alicyclic amines) is 1. The van der Waals surface area contributed by atoms with Gasteiger partial charge in [0.2, 0.25) is 5.91 Å². The van der Waals surface area contributed by atoms with Gasteiger partial charge in [0.15, 0.2) is 0 Å². The third kappa shape index (κ3) is 5.98. The highest BCUT2D eigenvalue weighted by atomic mass is 16.5. The molecule has 4 rings (SSSR count). The molecule has 33 heavy (non-hydrogen) atoms. The van der Waals surface area contributed by atoms with E-state index in [1.165, 1.54) is 0 Å². The summed E-state index contributed by atoms with van der Waals surface area (Å²) in [5.41, 5.74) is 0.840.